The highest BCUT2D eigenvalue weighted by atomic mass is 35.5. The van der Waals surface area contributed by atoms with Crippen LogP contribution < -0.4 is 0 Å². The van der Waals surface area contributed by atoms with E-state index in [9.17, 15) is 0 Å². The summed E-state index contributed by atoms with van der Waals surface area (Å²) in [7, 11) is 0. The lowest BCUT2D eigenvalue weighted by Gasteiger charge is -2.25. The summed E-state index contributed by atoms with van der Waals surface area (Å²) in [5, 5.41) is 5.29. The Bertz CT molecular complexity index is 1880. The SMILES string of the molecule is Clc1cc(Cl)c([C](c2c(Cl)cc(Cl)cc2Cl)c2c(Cl)cc(-n3c4ccc(Cl)cc4c4cc(Cl)ccc43)cc2Cl)c(Cl)c1. The molecular formula is C31H12Cl10N. The molecule has 0 N–H and O–H groups in total. The molecule has 0 amide bonds. The Hall–Kier alpha value is -1.20. The van der Waals surface area contributed by atoms with Gasteiger partial charge in [-0.3, -0.25) is 0 Å². The number of fused-ring (bicyclic) bond motifs is 3. The highest BCUT2D eigenvalue weighted by Crippen LogP contribution is 2.50. The second-order valence-corrected chi connectivity index (χ2v) is 13.5. The average Bonchev–Trinajstić information content (AvgIpc) is 3.19. The van der Waals surface area contributed by atoms with Crippen molar-refractivity contribution in [3.8, 4) is 5.69 Å². The standard InChI is InChI=1S/C31H12Cl10N/c32-13-1-3-26-18(5-13)19-6-14(33)2-4-27(19)42(26)17-11-24(40)30(25(41)12-17)31(28-20(36)7-15(34)8-21(28)37)29-22(38)9-16(35)10-23(29)39/h1-12H. The minimum absolute atomic E-state index is 0.247. The predicted molar refractivity (Wildman–Crippen MR) is 184 cm³/mol. The van der Waals surface area contributed by atoms with Crippen LogP contribution in [0.15, 0.2) is 72.8 Å². The summed E-state index contributed by atoms with van der Waals surface area (Å²) in [6, 6.07) is 21.1. The van der Waals surface area contributed by atoms with Gasteiger partial charge < -0.3 is 4.57 Å². The third-order valence-corrected chi connectivity index (χ3v) is 9.43. The molecule has 0 spiro atoms. The molecule has 6 rings (SSSR count). The van der Waals surface area contributed by atoms with Gasteiger partial charge in [0.25, 0.3) is 0 Å². The summed E-state index contributed by atoms with van der Waals surface area (Å²) in [6.45, 7) is 0. The first-order valence-corrected chi connectivity index (χ1v) is 15.8. The summed E-state index contributed by atoms with van der Waals surface area (Å²) >= 11 is 66.3. The maximum Gasteiger partial charge on any atom is 0.0720 e. The van der Waals surface area contributed by atoms with Gasteiger partial charge in [-0.1, -0.05) is 116 Å². The molecule has 1 nitrogen and oxygen atoms in total. The van der Waals surface area contributed by atoms with E-state index in [1.54, 1.807) is 36.4 Å². The number of nitrogens with zero attached hydrogens (tertiary/aromatic N) is 1. The number of aromatic nitrogens is 1. The first-order valence-electron chi connectivity index (χ1n) is 12.0. The Morgan fingerprint density at radius 2 is 0.714 bits per heavy atom. The summed E-state index contributed by atoms with van der Waals surface area (Å²) < 4.78 is 2.03. The Kier molecular flexibility index (Phi) is 8.77. The fourth-order valence-corrected chi connectivity index (χ4v) is 8.13. The van der Waals surface area contributed by atoms with Gasteiger partial charge >= 0.3 is 0 Å². The zero-order chi connectivity index (χ0) is 30.0. The van der Waals surface area contributed by atoms with E-state index in [0.29, 0.717) is 48.4 Å². The number of hydrogen-bond acceptors (Lipinski definition) is 0. The van der Waals surface area contributed by atoms with E-state index >= 15 is 0 Å². The quantitative estimate of drug-likeness (QED) is 0.158. The van der Waals surface area contributed by atoms with Crippen LogP contribution >= 0.6 is 116 Å². The molecule has 0 aliphatic carbocycles. The molecule has 11 heteroatoms. The number of benzene rings is 5. The largest absolute Gasteiger partial charge is 0.309 e. The zero-order valence-corrected chi connectivity index (χ0v) is 28.2. The molecule has 0 saturated heterocycles. The number of halogens is 10. The summed E-state index contributed by atoms with van der Waals surface area (Å²) in [6.07, 6.45) is 0. The third-order valence-electron chi connectivity index (χ3n) is 6.74. The van der Waals surface area contributed by atoms with E-state index in [1.165, 1.54) is 0 Å². The maximum absolute atomic E-state index is 7.09. The van der Waals surface area contributed by atoms with Crippen molar-refractivity contribution >= 4 is 138 Å². The molecular weight excluding hydrogens is 741 g/mol. The van der Waals surface area contributed by atoms with Gasteiger partial charge in [-0.25, -0.2) is 0 Å². The van der Waals surface area contributed by atoms with Crippen LogP contribution in [0.1, 0.15) is 16.7 Å². The molecule has 0 unspecified atom stereocenters. The van der Waals surface area contributed by atoms with Crippen LogP contribution in [0, 0.1) is 5.92 Å². The van der Waals surface area contributed by atoms with Crippen LogP contribution in [0.4, 0.5) is 0 Å². The van der Waals surface area contributed by atoms with Gasteiger partial charge in [0.2, 0.25) is 0 Å². The molecule has 6 aromatic rings. The van der Waals surface area contributed by atoms with Crippen LogP contribution in [0.3, 0.4) is 0 Å². The fraction of sp³-hybridized carbons (Fsp3) is 0. The lowest BCUT2D eigenvalue weighted by molar-refractivity contribution is 1.16. The molecule has 1 radical (unpaired) electrons. The molecule has 0 atom stereocenters. The molecule has 0 saturated carbocycles. The monoisotopic (exact) mass is 748 g/mol. The zero-order valence-electron chi connectivity index (χ0n) is 20.7. The molecule has 0 aliphatic rings. The van der Waals surface area contributed by atoms with E-state index in [1.807, 2.05) is 41.0 Å². The van der Waals surface area contributed by atoms with Gasteiger partial charge in [0, 0.05) is 83.4 Å². The van der Waals surface area contributed by atoms with Gasteiger partial charge in [0.1, 0.15) is 0 Å². The van der Waals surface area contributed by atoms with Crippen LogP contribution in [-0.2, 0) is 0 Å². The van der Waals surface area contributed by atoms with Crippen molar-refractivity contribution in [2.75, 3.05) is 0 Å². The normalized spacial score (nSPS) is 11.8. The first kappa shape index (κ1) is 30.8. The second-order valence-electron chi connectivity index (χ2n) is 9.31. The smallest absolute Gasteiger partial charge is 0.0720 e. The van der Waals surface area contributed by atoms with Crippen molar-refractivity contribution in [3.63, 3.8) is 0 Å². The van der Waals surface area contributed by atoms with E-state index in [2.05, 4.69) is 0 Å². The molecule has 0 aliphatic heterocycles. The van der Waals surface area contributed by atoms with Gasteiger partial charge in [0.15, 0.2) is 0 Å². The highest BCUT2D eigenvalue weighted by Gasteiger charge is 2.32. The van der Waals surface area contributed by atoms with Crippen molar-refractivity contribution in [2.24, 2.45) is 0 Å². The molecule has 0 bridgehead atoms. The van der Waals surface area contributed by atoms with Crippen LogP contribution in [-0.4, -0.2) is 4.57 Å². The predicted octanol–water partition coefficient (Wildman–Crippen LogP) is 14.3. The lowest BCUT2D eigenvalue weighted by atomic mass is 9.84. The Morgan fingerprint density at radius 3 is 1.07 bits per heavy atom. The third kappa shape index (κ3) is 5.46. The summed E-state index contributed by atoms with van der Waals surface area (Å²) in [5.74, 6) is 0.413. The topological polar surface area (TPSA) is 4.93 Å². The molecule has 5 aromatic carbocycles. The molecule has 42 heavy (non-hydrogen) atoms. The summed E-state index contributed by atoms with van der Waals surface area (Å²) in [4.78, 5) is 0. The van der Waals surface area contributed by atoms with Gasteiger partial charge in [-0.15, -0.1) is 0 Å². The van der Waals surface area contributed by atoms with Crippen molar-refractivity contribution in [1.29, 1.82) is 0 Å². The minimum Gasteiger partial charge on any atom is -0.309 e. The van der Waals surface area contributed by atoms with Crippen molar-refractivity contribution in [3.05, 3.63) is 146 Å². The lowest BCUT2D eigenvalue weighted by Crippen LogP contribution is -2.10. The van der Waals surface area contributed by atoms with Crippen molar-refractivity contribution in [2.45, 2.75) is 0 Å². The average molecular weight is 753 g/mol. The molecule has 211 valence electrons. The van der Waals surface area contributed by atoms with E-state index in [0.717, 1.165) is 21.8 Å². The fourth-order valence-electron chi connectivity index (χ4n) is 5.11. The van der Waals surface area contributed by atoms with Gasteiger partial charge in [-0.2, -0.15) is 0 Å². The van der Waals surface area contributed by atoms with Crippen LogP contribution in [0.2, 0.25) is 50.2 Å². The number of rotatable bonds is 4. The second kappa shape index (κ2) is 12.0. The van der Waals surface area contributed by atoms with Crippen LogP contribution in [0.5, 0.6) is 0 Å². The van der Waals surface area contributed by atoms with Crippen molar-refractivity contribution in [1.82, 2.24) is 4.57 Å². The van der Waals surface area contributed by atoms with E-state index in [4.69, 9.17) is 116 Å². The summed E-state index contributed by atoms with van der Waals surface area (Å²) in [5.41, 5.74) is 3.66. The van der Waals surface area contributed by atoms with E-state index in [-0.39, 0.29) is 30.1 Å². The van der Waals surface area contributed by atoms with Crippen molar-refractivity contribution < 1.29 is 0 Å². The number of hydrogen-bond donors (Lipinski definition) is 0. The molecule has 1 heterocycles. The Morgan fingerprint density at radius 1 is 0.381 bits per heavy atom. The Balaban J connectivity index is 1.65. The Labute approximate surface area is 291 Å². The van der Waals surface area contributed by atoms with Crippen LogP contribution in [0.25, 0.3) is 27.5 Å². The van der Waals surface area contributed by atoms with E-state index < -0.39 is 0 Å². The molecule has 0 fully saturated rings. The first-order chi connectivity index (χ1) is 19.9. The van der Waals surface area contributed by atoms with Gasteiger partial charge in [0.05, 0.1) is 17.0 Å². The van der Waals surface area contributed by atoms with Gasteiger partial charge in [-0.05, 0) is 72.8 Å². The highest BCUT2D eigenvalue weighted by molar-refractivity contribution is 6.43. The molecule has 1 aromatic heterocycles. The minimum atomic E-state index is 0.247. The maximum atomic E-state index is 7.09.